The number of aromatic amines is 1. The molecule has 0 radical (unpaired) electrons. The first kappa shape index (κ1) is 52.6. The summed E-state index contributed by atoms with van der Waals surface area (Å²) in [4.78, 5) is 33.8. The first-order valence-corrected chi connectivity index (χ1v) is 28.8. The van der Waals surface area contributed by atoms with E-state index in [1.807, 2.05) is 74.3 Å². The minimum absolute atomic E-state index is 0.0714. The Hall–Kier alpha value is -6.74. The van der Waals surface area contributed by atoms with Crippen molar-refractivity contribution in [2.24, 2.45) is 10.9 Å². The number of aromatic hydroxyl groups is 1. The zero-order valence-electron chi connectivity index (χ0n) is 45.2. The van der Waals surface area contributed by atoms with Crippen LogP contribution in [-0.4, -0.2) is 137 Å². The number of nitrogens with zero attached hydrogens (tertiary/aromatic N) is 10. The number of H-pyrrole nitrogens is 1. The van der Waals surface area contributed by atoms with Crippen molar-refractivity contribution in [1.29, 1.82) is 0 Å². The van der Waals surface area contributed by atoms with E-state index in [-0.39, 0.29) is 41.0 Å². The van der Waals surface area contributed by atoms with E-state index in [0.29, 0.717) is 58.9 Å². The number of β-amino-alcohol motifs (C(OH)–C–C–N with tert-alkyl or cyclic N) is 1. The van der Waals surface area contributed by atoms with Crippen LogP contribution >= 0.6 is 11.6 Å². The highest BCUT2D eigenvalue weighted by Crippen LogP contribution is 2.44. The number of aromatic nitrogens is 6. The number of aliphatic imine (C=N–C) groups is 1. The number of ether oxygens (including phenoxy) is 1. The van der Waals surface area contributed by atoms with Crippen LogP contribution < -0.4 is 20.0 Å². The summed E-state index contributed by atoms with van der Waals surface area (Å²) in [6.07, 6.45) is 12.6. The van der Waals surface area contributed by atoms with Gasteiger partial charge in [0.15, 0.2) is 11.4 Å². The number of para-hydroxylation sites is 1. The van der Waals surface area contributed by atoms with Crippen LogP contribution in [0.25, 0.3) is 33.4 Å². The first-order valence-electron chi connectivity index (χ1n) is 28.4. The highest BCUT2D eigenvalue weighted by molar-refractivity contribution is 6.32. The topological polar surface area (TPSA) is 210 Å². The summed E-state index contributed by atoms with van der Waals surface area (Å²) in [6, 6.07) is 23.9. The Kier molecular flexibility index (Phi) is 14.2. The second-order valence-electron chi connectivity index (χ2n) is 23.2. The smallest absolute Gasteiger partial charge is 0.273 e. The van der Waals surface area contributed by atoms with E-state index in [4.69, 9.17) is 40.7 Å². The normalized spacial score (nSPS) is 26.5. The zero-order valence-corrected chi connectivity index (χ0v) is 46.0. The number of anilines is 2. The predicted molar refractivity (Wildman–Crippen MR) is 302 cm³/mol. The monoisotopic (exact) mass is 1110 g/mol. The maximum absolute atomic E-state index is 14.5. The first-order chi connectivity index (χ1) is 38.9. The number of piperidine rings is 1. The minimum atomic E-state index is -1.12. The van der Waals surface area contributed by atoms with Crippen molar-refractivity contribution in [3.05, 3.63) is 125 Å². The lowest BCUT2D eigenvalue weighted by molar-refractivity contribution is -0.0505. The van der Waals surface area contributed by atoms with Gasteiger partial charge in [0, 0.05) is 78.4 Å². The van der Waals surface area contributed by atoms with Gasteiger partial charge >= 0.3 is 0 Å². The van der Waals surface area contributed by atoms with Crippen molar-refractivity contribution in [2.75, 3.05) is 42.5 Å². The third-order valence-corrected chi connectivity index (χ3v) is 18.3. The van der Waals surface area contributed by atoms with Gasteiger partial charge in [0.2, 0.25) is 11.7 Å². The van der Waals surface area contributed by atoms with Crippen LogP contribution in [-0.2, 0) is 10.6 Å². The number of hydrogen-bond donors (Lipinski definition) is 5. The Labute approximate surface area is 468 Å². The van der Waals surface area contributed by atoms with Gasteiger partial charge in [-0.05, 0) is 130 Å². The fraction of sp³-hybridized carbons (Fsp3) is 0.467. The highest BCUT2D eigenvalue weighted by Gasteiger charge is 2.48. The molecule has 18 nitrogen and oxygen atoms in total. The van der Waals surface area contributed by atoms with Crippen LogP contribution in [0.3, 0.4) is 0 Å². The Balaban J connectivity index is 0.592. The lowest BCUT2D eigenvalue weighted by Gasteiger charge is -2.42. The van der Waals surface area contributed by atoms with Crippen molar-refractivity contribution in [3.8, 4) is 34.0 Å². The molecule has 5 aliphatic heterocycles. The molecule has 0 spiro atoms. The fourth-order valence-electron chi connectivity index (χ4n) is 13.7. The standard InChI is InChI=1S/C60H68ClFN12O6/c1-34(2)52(58(77)73-33-42(75)26-49(73)56-66-60(3,80-69-56)38-14-12-36(13-15-38)44-8-4-6-10-47(44)62)54-53(61)57(70-79-54)78-43-20-18-39(19-21-43)71-24-22-35(23-25-71)37-28-64-59(65-29-37)74-40-16-17-41(74)32-72(31-40)50-30-63-55-46(50)27-48(67-68-55)45-9-5-7-11-51(45)76/h4-15,27-30,34-35,39-43,49,52,58,75-77H,16-26,31-33H2,1-3H3,(H,63,68)(H,66,69)/t39?,40?,41?,42-,43?,49+,52-,58?,60-/m1/s1. The molecule has 13 rings (SSSR count). The Morgan fingerprint density at radius 3 is 2.26 bits per heavy atom. The second kappa shape index (κ2) is 21.6. The van der Waals surface area contributed by atoms with Gasteiger partial charge in [-0.3, -0.25) is 4.90 Å². The van der Waals surface area contributed by atoms with E-state index >= 15 is 0 Å². The average Bonchev–Trinajstić information content (AvgIpc) is 4.34. The third kappa shape index (κ3) is 9.93. The summed E-state index contributed by atoms with van der Waals surface area (Å²) in [5.41, 5.74) is 8.25. The summed E-state index contributed by atoms with van der Waals surface area (Å²) in [6.45, 7) is 9.78. The van der Waals surface area contributed by atoms with Crippen molar-refractivity contribution in [1.82, 2.24) is 45.6 Å². The molecule has 7 atom stereocenters. The molecule has 7 aromatic rings. The molecule has 3 unspecified atom stereocenters. The Morgan fingerprint density at radius 2 is 1.55 bits per heavy atom. The number of fused-ring (bicyclic) bond motifs is 3. The van der Waals surface area contributed by atoms with Crippen molar-refractivity contribution >= 4 is 40.1 Å². The average molecular weight is 1110 g/mol. The Morgan fingerprint density at radius 1 is 0.850 bits per heavy atom. The lowest BCUT2D eigenvalue weighted by atomic mass is 9.87. The Bertz CT molecular complexity index is 3350. The van der Waals surface area contributed by atoms with Gasteiger partial charge in [0.25, 0.3) is 5.88 Å². The molecule has 6 aliphatic rings. The van der Waals surface area contributed by atoms with Crippen LogP contribution in [0.1, 0.15) is 107 Å². The van der Waals surface area contributed by atoms with Gasteiger partial charge in [-0.25, -0.2) is 29.7 Å². The van der Waals surface area contributed by atoms with Gasteiger partial charge in [-0.1, -0.05) is 80.0 Å². The van der Waals surface area contributed by atoms with Crippen LogP contribution in [0, 0.1) is 11.7 Å². The molecule has 3 aromatic carbocycles. The number of hydroxylamine groups is 1. The third-order valence-electron chi connectivity index (χ3n) is 18.0. The molecule has 5 N–H and O–H groups in total. The van der Waals surface area contributed by atoms with Crippen LogP contribution in [0.5, 0.6) is 11.6 Å². The number of phenols is 1. The summed E-state index contributed by atoms with van der Waals surface area (Å²) in [5, 5.41) is 48.1. The number of nitrogens with one attached hydrogen (secondary N) is 2. The maximum atomic E-state index is 14.5. The SMILES string of the molecule is CC(C)[C@H](c1onc(OC2CCC(N3CCC(c4cnc(N5C6CCC5CN(c5c[nH]c7nnc(-c8ccccc8O)cc57)C6)nc4)CC3)CC2)c1Cl)C(O)N1C[C@H](O)C[C@H]1C1=N[C@@](C)(c2ccc(-c3ccccc3F)cc2)ON1. The van der Waals surface area contributed by atoms with E-state index in [0.717, 1.165) is 111 Å². The number of benzene rings is 3. The molecule has 9 heterocycles. The lowest BCUT2D eigenvalue weighted by Crippen LogP contribution is -2.54. The number of phenolic OH excluding ortho intramolecular Hbond substituents is 1. The number of amidine groups is 1. The van der Waals surface area contributed by atoms with Gasteiger partial charge in [0.1, 0.15) is 34.8 Å². The largest absolute Gasteiger partial charge is 0.507 e. The van der Waals surface area contributed by atoms with Gasteiger partial charge in [-0.2, -0.15) is 0 Å². The molecule has 0 amide bonds. The number of likely N-dealkylation sites (tertiary alicyclic amines) is 2. The molecule has 20 heteroatoms. The van der Waals surface area contributed by atoms with Gasteiger partial charge in [0.05, 0.1) is 29.4 Å². The van der Waals surface area contributed by atoms with Crippen molar-refractivity contribution in [3.63, 3.8) is 0 Å². The summed E-state index contributed by atoms with van der Waals surface area (Å²) < 4.78 is 27.0. The number of aliphatic hydroxyl groups is 2. The number of piperazine rings is 1. The van der Waals surface area contributed by atoms with Crippen molar-refractivity contribution in [2.45, 2.75) is 139 Å². The molecule has 4 aromatic heterocycles. The van der Waals surface area contributed by atoms with Crippen LogP contribution in [0.2, 0.25) is 5.02 Å². The van der Waals surface area contributed by atoms with Crippen LogP contribution in [0.4, 0.5) is 16.0 Å². The van der Waals surface area contributed by atoms with Gasteiger partial charge in [-0.15, -0.1) is 10.2 Å². The summed E-state index contributed by atoms with van der Waals surface area (Å²) in [5.74, 6) is 1.43. The van der Waals surface area contributed by atoms with Crippen molar-refractivity contribution < 1.29 is 33.8 Å². The molecule has 4 saturated heterocycles. The summed E-state index contributed by atoms with van der Waals surface area (Å²) in [7, 11) is 0. The number of hydrogen-bond acceptors (Lipinski definition) is 17. The van der Waals surface area contributed by atoms with E-state index in [9.17, 15) is 19.7 Å². The number of halogens is 2. The number of rotatable bonds is 14. The molecule has 5 fully saturated rings. The van der Waals surface area contributed by atoms with E-state index in [1.165, 1.54) is 11.6 Å². The highest BCUT2D eigenvalue weighted by atomic mass is 35.5. The molecule has 1 aliphatic carbocycles. The predicted octanol–water partition coefficient (Wildman–Crippen LogP) is 9.29. The maximum Gasteiger partial charge on any atom is 0.273 e. The quantitative estimate of drug-likeness (QED) is 0.0687. The zero-order chi connectivity index (χ0) is 54.8. The summed E-state index contributed by atoms with van der Waals surface area (Å²) >= 11 is 7.06. The molecule has 2 bridgehead atoms. The van der Waals surface area contributed by atoms with E-state index in [2.05, 4.69) is 52.9 Å². The second-order valence-corrected chi connectivity index (χ2v) is 23.6. The van der Waals surface area contributed by atoms with Gasteiger partial charge < -0.3 is 44.3 Å². The van der Waals surface area contributed by atoms with E-state index < -0.39 is 30.0 Å². The molecular weight excluding hydrogens is 1040 g/mol. The van der Waals surface area contributed by atoms with E-state index in [1.54, 1.807) is 30.3 Å². The minimum Gasteiger partial charge on any atom is -0.507 e. The van der Waals surface area contributed by atoms with Crippen LogP contribution in [0.15, 0.2) is 107 Å². The molecule has 80 heavy (non-hydrogen) atoms. The molecule has 1 saturated carbocycles. The number of aliphatic hydroxyl groups excluding tert-OH is 2. The molecular formula is C60H68ClFN12O6. The fourth-order valence-corrected chi connectivity index (χ4v) is 13.9. The molecule has 418 valence electrons.